The standard InChI is InChI=1S/C9H9FO3/c1-13-9-3-2-6(5-11)7(10)4-8(9)12/h2-6,12H,1H3. The minimum absolute atomic E-state index is 0.138. The van der Waals surface area contributed by atoms with Crippen LogP contribution in [0.15, 0.2) is 35.6 Å². The lowest BCUT2D eigenvalue weighted by Gasteiger charge is -1.99. The van der Waals surface area contributed by atoms with Crippen LogP contribution in [-0.4, -0.2) is 18.5 Å². The van der Waals surface area contributed by atoms with E-state index in [1.54, 1.807) is 0 Å². The Kier molecular flexibility index (Phi) is 2.84. The molecule has 4 heteroatoms. The van der Waals surface area contributed by atoms with Gasteiger partial charge in [0.2, 0.25) is 0 Å². The molecule has 1 atom stereocenters. The Morgan fingerprint density at radius 2 is 2.38 bits per heavy atom. The van der Waals surface area contributed by atoms with Crippen LogP contribution in [0.25, 0.3) is 0 Å². The lowest BCUT2D eigenvalue weighted by Crippen LogP contribution is -1.97. The molecule has 0 saturated heterocycles. The number of methoxy groups -OCH3 is 1. The zero-order valence-electron chi connectivity index (χ0n) is 7.03. The summed E-state index contributed by atoms with van der Waals surface area (Å²) in [4.78, 5) is 10.4. The molecular weight excluding hydrogens is 175 g/mol. The van der Waals surface area contributed by atoms with Gasteiger partial charge < -0.3 is 14.6 Å². The van der Waals surface area contributed by atoms with Crippen LogP contribution in [0.3, 0.4) is 0 Å². The van der Waals surface area contributed by atoms with Crippen LogP contribution < -0.4 is 0 Å². The number of halogens is 1. The Bertz CT molecular complexity index is 302. The third-order valence-corrected chi connectivity index (χ3v) is 1.67. The minimum atomic E-state index is -0.935. The van der Waals surface area contributed by atoms with Crippen molar-refractivity contribution in [3.8, 4) is 0 Å². The van der Waals surface area contributed by atoms with Crippen molar-refractivity contribution < 1.29 is 19.0 Å². The van der Waals surface area contributed by atoms with Gasteiger partial charge in [-0.3, -0.25) is 0 Å². The fourth-order valence-corrected chi connectivity index (χ4v) is 0.949. The van der Waals surface area contributed by atoms with E-state index in [0.29, 0.717) is 6.29 Å². The number of carbonyl (C=O) groups is 1. The van der Waals surface area contributed by atoms with E-state index in [4.69, 9.17) is 4.74 Å². The largest absolute Gasteiger partial charge is 0.504 e. The molecule has 0 aromatic heterocycles. The number of hydrogen-bond acceptors (Lipinski definition) is 3. The molecule has 70 valence electrons. The van der Waals surface area contributed by atoms with Crippen LogP contribution in [0.4, 0.5) is 4.39 Å². The first kappa shape index (κ1) is 9.51. The predicted octanol–water partition coefficient (Wildman–Crippen LogP) is 1.64. The molecule has 0 aromatic carbocycles. The Morgan fingerprint density at radius 1 is 1.69 bits per heavy atom. The highest BCUT2D eigenvalue weighted by molar-refractivity contribution is 5.62. The molecular formula is C9H9FO3. The topological polar surface area (TPSA) is 46.5 Å². The van der Waals surface area contributed by atoms with Gasteiger partial charge in [-0.2, -0.15) is 0 Å². The monoisotopic (exact) mass is 184 g/mol. The average molecular weight is 184 g/mol. The molecule has 1 N–H and O–H groups in total. The maximum Gasteiger partial charge on any atom is 0.160 e. The minimum Gasteiger partial charge on any atom is -0.504 e. The quantitative estimate of drug-likeness (QED) is 0.663. The van der Waals surface area contributed by atoms with Crippen molar-refractivity contribution in [2.24, 2.45) is 5.92 Å². The van der Waals surface area contributed by atoms with E-state index in [0.717, 1.165) is 6.08 Å². The Morgan fingerprint density at radius 3 is 2.92 bits per heavy atom. The Hall–Kier alpha value is -1.58. The molecule has 0 aromatic rings. The molecule has 3 nitrogen and oxygen atoms in total. The number of rotatable bonds is 2. The van der Waals surface area contributed by atoms with Crippen molar-refractivity contribution in [2.45, 2.75) is 0 Å². The zero-order chi connectivity index (χ0) is 9.84. The van der Waals surface area contributed by atoms with E-state index in [1.165, 1.54) is 19.3 Å². The van der Waals surface area contributed by atoms with Crippen LogP contribution >= 0.6 is 0 Å². The second-order valence-corrected chi connectivity index (χ2v) is 2.50. The summed E-state index contributed by atoms with van der Waals surface area (Å²) in [6.07, 6.45) is 4.00. The third kappa shape index (κ3) is 1.96. The highest BCUT2D eigenvalue weighted by Crippen LogP contribution is 2.20. The molecule has 0 bridgehead atoms. The molecule has 1 aliphatic rings. The van der Waals surface area contributed by atoms with Crippen LogP contribution in [0.1, 0.15) is 0 Å². The molecule has 0 spiro atoms. The van der Waals surface area contributed by atoms with Gasteiger partial charge >= 0.3 is 0 Å². The number of hydrogen-bond donors (Lipinski definition) is 1. The van der Waals surface area contributed by atoms with Crippen molar-refractivity contribution in [3.05, 3.63) is 35.6 Å². The van der Waals surface area contributed by atoms with Crippen molar-refractivity contribution in [2.75, 3.05) is 7.11 Å². The summed E-state index contributed by atoms with van der Waals surface area (Å²) in [6, 6.07) is 0. The molecule has 0 fully saturated rings. The first-order valence-electron chi connectivity index (χ1n) is 3.67. The number of carbonyl (C=O) groups excluding carboxylic acids is 1. The molecule has 0 amide bonds. The summed E-state index contributed by atoms with van der Waals surface area (Å²) in [5.41, 5.74) is 0. The molecule has 0 saturated carbocycles. The average Bonchev–Trinajstić information content (AvgIpc) is 2.24. The summed E-state index contributed by atoms with van der Waals surface area (Å²) < 4.78 is 17.7. The van der Waals surface area contributed by atoms with Gasteiger partial charge in [0.05, 0.1) is 13.0 Å². The maximum absolute atomic E-state index is 13.0. The van der Waals surface area contributed by atoms with Crippen LogP contribution in [0.2, 0.25) is 0 Å². The second-order valence-electron chi connectivity index (χ2n) is 2.50. The summed E-state index contributed by atoms with van der Waals surface area (Å²) >= 11 is 0. The van der Waals surface area contributed by atoms with E-state index in [-0.39, 0.29) is 11.5 Å². The van der Waals surface area contributed by atoms with Gasteiger partial charge in [0.25, 0.3) is 0 Å². The number of aldehydes is 1. The van der Waals surface area contributed by atoms with Gasteiger partial charge in [-0.05, 0) is 6.08 Å². The summed E-state index contributed by atoms with van der Waals surface area (Å²) in [5.74, 6) is -1.81. The smallest absolute Gasteiger partial charge is 0.160 e. The normalized spacial score (nSPS) is 22.3. The van der Waals surface area contributed by atoms with Gasteiger partial charge in [-0.25, -0.2) is 4.39 Å². The zero-order valence-corrected chi connectivity index (χ0v) is 7.03. The first-order chi connectivity index (χ1) is 6.19. The highest BCUT2D eigenvalue weighted by Gasteiger charge is 2.15. The van der Waals surface area contributed by atoms with E-state index in [9.17, 15) is 14.3 Å². The fraction of sp³-hybridized carbons (Fsp3) is 0.222. The predicted molar refractivity (Wildman–Crippen MR) is 44.5 cm³/mol. The van der Waals surface area contributed by atoms with Crippen molar-refractivity contribution in [3.63, 3.8) is 0 Å². The lowest BCUT2D eigenvalue weighted by molar-refractivity contribution is -0.109. The van der Waals surface area contributed by atoms with E-state index < -0.39 is 11.7 Å². The second kappa shape index (κ2) is 3.89. The first-order valence-corrected chi connectivity index (χ1v) is 3.67. The van der Waals surface area contributed by atoms with Crippen LogP contribution in [-0.2, 0) is 9.53 Å². The van der Waals surface area contributed by atoms with Gasteiger partial charge in [0, 0.05) is 6.08 Å². The maximum atomic E-state index is 13.0. The number of aliphatic hydroxyl groups excluding tert-OH is 1. The number of allylic oxidation sites excluding steroid dienone is 4. The SMILES string of the molecule is COC1=C(O)C=C(F)C(C=O)C=C1. The summed E-state index contributed by atoms with van der Waals surface area (Å²) in [7, 11) is 1.35. The van der Waals surface area contributed by atoms with Gasteiger partial charge in [0.15, 0.2) is 11.5 Å². The van der Waals surface area contributed by atoms with Crippen molar-refractivity contribution >= 4 is 6.29 Å². The molecule has 1 aliphatic carbocycles. The third-order valence-electron chi connectivity index (χ3n) is 1.67. The van der Waals surface area contributed by atoms with Crippen LogP contribution in [0.5, 0.6) is 0 Å². The van der Waals surface area contributed by atoms with E-state index in [2.05, 4.69) is 0 Å². The van der Waals surface area contributed by atoms with Crippen molar-refractivity contribution in [1.29, 1.82) is 0 Å². The van der Waals surface area contributed by atoms with E-state index >= 15 is 0 Å². The fourth-order valence-electron chi connectivity index (χ4n) is 0.949. The lowest BCUT2D eigenvalue weighted by atomic mass is 10.1. The van der Waals surface area contributed by atoms with E-state index in [1.807, 2.05) is 0 Å². The molecule has 13 heavy (non-hydrogen) atoms. The number of ether oxygens (including phenoxy) is 1. The Labute approximate surface area is 74.8 Å². The molecule has 1 unspecified atom stereocenters. The van der Waals surface area contributed by atoms with Gasteiger partial charge in [-0.1, -0.05) is 6.08 Å². The summed E-state index contributed by atoms with van der Waals surface area (Å²) in [6.45, 7) is 0. The van der Waals surface area contributed by atoms with Crippen molar-refractivity contribution in [1.82, 2.24) is 0 Å². The van der Waals surface area contributed by atoms with Gasteiger partial charge in [0.1, 0.15) is 12.1 Å². The Balaban J connectivity index is 3.06. The number of aliphatic hydroxyl groups is 1. The molecule has 1 rings (SSSR count). The summed E-state index contributed by atoms with van der Waals surface area (Å²) in [5, 5.41) is 9.20. The molecule has 0 radical (unpaired) electrons. The van der Waals surface area contributed by atoms with Gasteiger partial charge in [-0.15, -0.1) is 0 Å². The van der Waals surface area contributed by atoms with Crippen LogP contribution in [0, 0.1) is 5.92 Å². The molecule has 0 heterocycles. The highest BCUT2D eigenvalue weighted by atomic mass is 19.1. The molecule has 0 aliphatic heterocycles.